The summed E-state index contributed by atoms with van der Waals surface area (Å²) in [5, 5.41) is 22.4. The van der Waals surface area contributed by atoms with Crippen molar-refractivity contribution >= 4 is 40.7 Å². The summed E-state index contributed by atoms with van der Waals surface area (Å²) in [5.41, 5.74) is 0.405. The number of halogens is 1. The van der Waals surface area contributed by atoms with Crippen LogP contribution < -0.4 is 19.6 Å². The second kappa shape index (κ2) is 10.2. The van der Waals surface area contributed by atoms with Crippen molar-refractivity contribution in [2.24, 2.45) is 4.99 Å². The molecule has 4 rings (SSSR count). The van der Waals surface area contributed by atoms with Gasteiger partial charge in [-0.05, 0) is 44.5 Å². The number of phenolic OH excluding ortho intramolecular Hbond substituents is 1. The molecule has 10 nitrogen and oxygen atoms in total. The van der Waals surface area contributed by atoms with Gasteiger partial charge in [0.25, 0.3) is 11.2 Å². The van der Waals surface area contributed by atoms with Gasteiger partial charge in [0.1, 0.15) is 0 Å². The maximum Gasteiger partial charge on any atom is 0.338 e. The summed E-state index contributed by atoms with van der Waals surface area (Å²) >= 11 is 7.09. The van der Waals surface area contributed by atoms with E-state index in [0.717, 1.165) is 23.5 Å². The number of nitro benzene ring substituents is 1. The first-order chi connectivity index (χ1) is 17.5. The highest BCUT2D eigenvalue weighted by atomic mass is 35.5. The van der Waals surface area contributed by atoms with Crippen LogP contribution in [-0.4, -0.2) is 33.8 Å². The van der Waals surface area contributed by atoms with Crippen molar-refractivity contribution in [3.8, 4) is 11.5 Å². The van der Waals surface area contributed by atoms with Gasteiger partial charge in [-0.25, -0.2) is 9.79 Å². The van der Waals surface area contributed by atoms with Gasteiger partial charge in [0, 0.05) is 16.7 Å². The first kappa shape index (κ1) is 26.1. The van der Waals surface area contributed by atoms with Crippen molar-refractivity contribution in [1.82, 2.24) is 4.57 Å². The molecule has 0 saturated heterocycles. The molecule has 3 aromatic rings. The number of ether oxygens (including phenoxy) is 2. The number of carbonyl (C=O) groups excluding carboxylic acids is 1. The van der Waals surface area contributed by atoms with Gasteiger partial charge in [0.05, 0.1) is 46.0 Å². The number of non-ortho nitro benzene ring substituents is 1. The number of thiazole rings is 1. The van der Waals surface area contributed by atoms with Crippen LogP contribution in [0, 0.1) is 10.1 Å². The molecule has 1 atom stereocenters. The molecule has 1 aliphatic heterocycles. The summed E-state index contributed by atoms with van der Waals surface area (Å²) in [6.07, 6.45) is 0.939. The second-order valence-electron chi connectivity index (χ2n) is 8.43. The number of esters is 1. The summed E-state index contributed by atoms with van der Waals surface area (Å²) in [4.78, 5) is 42.3. The average Bonchev–Trinajstić information content (AvgIpc) is 3.13. The Morgan fingerprint density at radius 1 is 1.30 bits per heavy atom. The SMILES string of the molecule is COc1cc([N+](=O)[O-])cc(/C=c2/sc3n(c2=O)[C@H](c2ccc(Cl)cc2)C(C(=O)OC(C)C)=C(C)N=3)c1O. The molecule has 2 aromatic carbocycles. The van der Waals surface area contributed by atoms with Gasteiger partial charge in [-0.1, -0.05) is 35.1 Å². The van der Waals surface area contributed by atoms with E-state index < -0.39 is 28.6 Å². The van der Waals surface area contributed by atoms with E-state index in [9.17, 15) is 24.8 Å². The Labute approximate surface area is 219 Å². The van der Waals surface area contributed by atoms with Gasteiger partial charge < -0.3 is 14.6 Å². The Morgan fingerprint density at radius 3 is 2.57 bits per heavy atom. The lowest BCUT2D eigenvalue weighted by Crippen LogP contribution is -2.40. The van der Waals surface area contributed by atoms with Crippen molar-refractivity contribution in [1.29, 1.82) is 0 Å². The number of benzene rings is 2. The predicted octanol–water partition coefficient (Wildman–Crippen LogP) is 3.46. The number of aromatic hydroxyl groups is 1. The fourth-order valence-electron chi connectivity index (χ4n) is 3.95. The molecule has 1 aliphatic rings. The minimum atomic E-state index is -0.852. The van der Waals surface area contributed by atoms with E-state index in [0.29, 0.717) is 21.1 Å². The third-order valence-electron chi connectivity index (χ3n) is 5.58. The minimum Gasteiger partial charge on any atom is -0.504 e. The number of nitrogens with zero attached hydrogens (tertiary/aromatic N) is 3. The zero-order chi connectivity index (χ0) is 27.0. The number of aromatic nitrogens is 1. The van der Waals surface area contributed by atoms with E-state index in [1.54, 1.807) is 45.0 Å². The van der Waals surface area contributed by atoms with Gasteiger partial charge in [0.15, 0.2) is 16.3 Å². The zero-order valence-corrected chi connectivity index (χ0v) is 21.8. The third-order valence-corrected chi connectivity index (χ3v) is 6.81. The minimum absolute atomic E-state index is 0.0227. The van der Waals surface area contributed by atoms with E-state index in [4.69, 9.17) is 21.1 Å². The number of nitro groups is 1. The fraction of sp³-hybridized carbons (Fsp3) is 0.240. The van der Waals surface area contributed by atoms with Crippen molar-refractivity contribution < 1.29 is 24.3 Å². The summed E-state index contributed by atoms with van der Waals surface area (Å²) in [5.74, 6) is -1.07. The quantitative estimate of drug-likeness (QED) is 0.286. The maximum atomic E-state index is 13.7. The largest absolute Gasteiger partial charge is 0.504 e. The summed E-state index contributed by atoms with van der Waals surface area (Å²) < 4.78 is 12.0. The van der Waals surface area contributed by atoms with Gasteiger partial charge in [0.2, 0.25) is 0 Å². The number of allylic oxidation sites excluding steroid dienone is 1. The molecule has 2 heterocycles. The molecule has 0 aliphatic carbocycles. The number of carbonyl (C=O) groups is 1. The van der Waals surface area contributed by atoms with Crippen LogP contribution in [0.25, 0.3) is 6.08 Å². The summed E-state index contributed by atoms with van der Waals surface area (Å²) in [7, 11) is 1.27. The highest BCUT2D eigenvalue weighted by Crippen LogP contribution is 2.35. The lowest BCUT2D eigenvalue weighted by atomic mass is 9.96. The first-order valence-corrected chi connectivity index (χ1v) is 12.3. The van der Waals surface area contributed by atoms with E-state index in [2.05, 4.69) is 4.99 Å². The monoisotopic (exact) mass is 543 g/mol. The number of fused-ring (bicyclic) bond motifs is 1. The normalized spacial score (nSPS) is 15.4. The molecule has 0 unspecified atom stereocenters. The van der Waals surface area contributed by atoms with E-state index in [-0.39, 0.29) is 32.9 Å². The third kappa shape index (κ3) is 5.00. The van der Waals surface area contributed by atoms with E-state index in [1.165, 1.54) is 17.8 Å². The topological polar surface area (TPSA) is 133 Å². The second-order valence-corrected chi connectivity index (χ2v) is 9.88. The lowest BCUT2D eigenvalue weighted by molar-refractivity contribution is -0.385. The Bertz CT molecular complexity index is 1620. The standard InChI is InChI=1S/C25H22ClN3O7S/c1-12(2)36-24(32)20-13(3)27-25-28(21(20)14-5-7-16(26)8-6-14)23(31)19(37-25)10-15-9-17(29(33)34)11-18(35-4)22(15)30/h5-12,21,30H,1-4H3/b19-10+/t21-/m1/s1. The number of hydrogen-bond donors (Lipinski definition) is 1. The van der Waals surface area contributed by atoms with Crippen LogP contribution in [0.1, 0.15) is 37.9 Å². The van der Waals surface area contributed by atoms with Gasteiger partial charge >= 0.3 is 5.97 Å². The molecular formula is C25H22ClN3O7S. The van der Waals surface area contributed by atoms with Crippen LogP contribution in [0.3, 0.4) is 0 Å². The predicted molar refractivity (Wildman–Crippen MR) is 138 cm³/mol. The molecular weight excluding hydrogens is 522 g/mol. The van der Waals surface area contributed by atoms with Crippen LogP contribution in [0.4, 0.5) is 5.69 Å². The van der Waals surface area contributed by atoms with Crippen LogP contribution in [0.2, 0.25) is 5.02 Å². The molecule has 0 radical (unpaired) electrons. The molecule has 1 aromatic heterocycles. The molecule has 192 valence electrons. The number of hydrogen-bond acceptors (Lipinski definition) is 9. The van der Waals surface area contributed by atoms with Crippen molar-refractivity contribution in [3.05, 3.63) is 93.6 Å². The van der Waals surface area contributed by atoms with Gasteiger partial charge in [-0.15, -0.1) is 0 Å². The van der Waals surface area contributed by atoms with E-state index in [1.807, 2.05) is 0 Å². The van der Waals surface area contributed by atoms with Gasteiger partial charge in [-0.2, -0.15) is 0 Å². The number of methoxy groups -OCH3 is 1. The average molecular weight is 544 g/mol. The van der Waals surface area contributed by atoms with Crippen LogP contribution in [0.15, 0.2) is 57.5 Å². The maximum absolute atomic E-state index is 13.7. The number of phenols is 1. The molecule has 37 heavy (non-hydrogen) atoms. The molecule has 0 amide bonds. The fourth-order valence-corrected chi connectivity index (χ4v) is 5.11. The first-order valence-electron chi connectivity index (χ1n) is 11.1. The molecule has 0 bridgehead atoms. The Morgan fingerprint density at radius 2 is 1.97 bits per heavy atom. The zero-order valence-electron chi connectivity index (χ0n) is 20.2. The Kier molecular flexibility index (Phi) is 7.19. The molecule has 12 heteroatoms. The lowest BCUT2D eigenvalue weighted by Gasteiger charge is -2.25. The molecule has 0 saturated carbocycles. The summed E-state index contributed by atoms with van der Waals surface area (Å²) in [6.45, 7) is 5.11. The smallest absolute Gasteiger partial charge is 0.338 e. The summed E-state index contributed by atoms with van der Waals surface area (Å²) in [6, 6.07) is 8.11. The van der Waals surface area contributed by atoms with Crippen molar-refractivity contribution in [2.45, 2.75) is 32.9 Å². The van der Waals surface area contributed by atoms with Crippen LogP contribution in [0.5, 0.6) is 11.5 Å². The van der Waals surface area contributed by atoms with Crippen molar-refractivity contribution in [3.63, 3.8) is 0 Å². The molecule has 1 N–H and O–H groups in total. The van der Waals surface area contributed by atoms with Crippen LogP contribution in [-0.2, 0) is 9.53 Å². The Hall–Kier alpha value is -3.96. The highest BCUT2D eigenvalue weighted by Gasteiger charge is 2.33. The van der Waals surface area contributed by atoms with Crippen molar-refractivity contribution in [2.75, 3.05) is 7.11 Å². The van der Waals surface area contributed by atoms with Crippen LogP contribution >= 0.6 is 22.9 Å². The van der Waals surface area contributed by atoms with Gasteiger partial charge in [-0.3, -0.25) is 19.5 Å². The Balaban J connectivity index is 1.98. The highest BCUT2D eigenvalue weighted by molar-refractivity contribution is 7.07. The van der Waals surface area contributed by atoms with E-state index >= 15 is 0 Å². The molecule has 0 fully saturated rings. The number of rotatable bonds is 6. The molecule has 0 spiro atoms.